The van der Waals surface area contributed by atoms with Gasteiger partial charge < -0.3 is 24.1 Å². The normalized spacial score (nSPS) is 39.8. The maximum Gasteiger partial charge on any atom is 0.174 e. The quantitative estimate of drug-likeness (QED) is 0.435. The van der Waals surface area contributed by atoms with Gasteiger partial charge in [0.2, 0.25) is 0 Å². The lowest BCUT2D eigenvalue weighted by Crippen LogP contribution is -2.74. The zero-order valence-electron chi connectivity index (χ0n) is 23.3. The molecule has 1 spiro atoms. The lowest BCUT2D eigenvalue weighted by molar-refractivity contribution is -0.417. The standard InChI is InChI=1S/C29H47NO6/c1-8-26(6)17-29(34-19-28(10-3,18-31)20-35-29)22(5)27(7,9-2)30(26)36-21(4)23-11-13-24(14-12-23)32-15-25-16-33-25/h11-14,21-22,25,31H,8-10,15-20H2,1-7H3. The van der Waals surface area contributed by atoms with Crippen LogP contribution < -0.4 is 4.74 Å². The van der Waals surface area contributed by atoms with Gasteiger partial charge in [-0.2, -0.15) is 5.06 Å². The SMILES string of the molecule is CCC1(CO)COC2(CC(C)(CC)N(OC(C)c3ccc(OCC4CO4)cc3)C(C)(CC)C2C)OC1. The van der Waals surface area contributed by atoms with E-state index in [1.54, 1.807) is 0 Å². The fraction of sp³-hybridized carbons (Fsp3) is 0.793. The Hall–Kier alpha value is -1.22. The number of nitrogens with zero attached hydrogens (tertiary/aromatic N) is 1. The van der Waals surface area contributed by atoms with Gasteiger partial charge in [-0.1, -0.05) is 39.8 Å². The number of aliphatic hydroxyl groups excluding tert-OH is 1. The molecule has 7 heteroatoms. The second kappa shape index (κ2) is 10.5. The van der Waals surface area contributed by atoms with Crippen LogP contribution in [-0.2, 0) is 19.0 Å². The average Bonchev–Trinajstić information content (AvgIpc) is 3.74. The van der Waals surface area contributed by atoms with Crippen molar-refractivity contribution in [3.63, 3.8) is 0 Å². The minimum atomic E-state index is -0.698. The largest absolute Gasteiger partial charge is 0.491 e. The van der Waals surface area contributed by atoms with E-state index >= 15 is 0 Å². The fourth-order valence-electron chi connectivity index (χ4n) is 5.79. The second-order valence-corrected chi connectivity index (χ2v) is 11.7. The fourth-order valence-corrected chi connectivity index (χ4v) is 5.79. The third-order valence-electron chi connectivity index (χ3n) is 9.43. The molecule has 5 atom stereocenters. The average molecular weight is 506 g/mol. The first-order chi connectivity index (χ1) is 17.1. The van der Waals surface area contributed by atoms with Crippen molar-refractivity contribution in [2.75, 3.05) is 33.0 Å². The van der Waals surface area contributed by atoms with Crippen molar-refractivity contribution in [3.8, 4) is 5.75 Å². The van der Waals surface area contributed by atoms with Crippen LogP contribution in [0.1, 0.15) is 85.8 Å². The molecule has 0 aromatic heterocycles. The molecule has 3 aliphatic heterocycles. The molecule has 3 aliphatic rings. The van der Waals surface area contributed by atoms with E-state index in [2.05, 4.69) is 65.7 Å². The number of aliphatic hydroxyl groups is 1. The Labute approximate surface area is 217 Å². The van der Waals surface area contributed by atoms with Gasteiger partial charge in [-0.05, 0) is 57.7 Å². The zero-order chi connectivity index (χ0) is 26.2. The third kappa shape index (κ3) is 5.07. The molecule has 0 bridgehead atoms. The summed E-state index contributed by atoms with van der Waals surface area (Å²) < 4.78 is 24.3. The Morgan fingerprint density at radius 1 is 1.06 bits per heavy atom. The molecule has 0 aliphatic carbocycles. The van der Waals surface area contributed by atoms with Crippen LogP contribution in [-0.4, -0.2) is 66.2 Å². The lowest BCUT2D eigenvalue weighted by Gasteiger charge is -2.64. The topological polar surface area (TPSA) is 72.9 Å². The molecule has 3 heterocycles. The Kier molecular flexibility index (Phi) is 8.11. The molecule has 4 rings (SSSR count). The molecule has 0 amide bonds. The van der Waals surface area contributed by atoms with Gasteiger partial charge in [0.25, 0.3) is 0 Å². The Morgan fingerprint density at radius 3 is 2.19 bits per heavy atom. The summed E-state index contributed by atoms with van der Waals surface area (Å²) in [5.41, 5.74) is 0.191. The summed E-state index contributed by atoms with van der Waals surface area (Å²) in [5.74, 6) is 0.219. The van der Waals surface area contributed by atoms with E-state index in [1.807, 2.05) is 12.1 Å². The van der Waals surface area contributed by atoms with Crippen molar-refractivity contribution in [1.82, 2.24) is 5.06 Å². The van der Waals surface area contributed by atoms with E-state index in [0.29, 0.717) is 26.2 Å². The van der Waals surface area contributed by atoms with Gasteiger partial charge in [-0.25, -0.2) is 0 Å². The molecule has 204 valence electrons. The lowest BCUT2D eigenvalue weighted by atomic mass is 9.66. The number of hydrogen-bond acceptors (Lipinski definition) is 7. The highest BCUT2D eigenvalue weighted by Crippen LogP contribution is 2.55. The van der Waals surface area contributed by atoms with Gasteiger partial charge in [0.1, 0.15) is 24.6 Å². The van der Waals surface area contributed by atoms with E-state index in [-0.39, 0.29) is 41.2 Å². The molecule has 5 unspecified atom stereocenters. The van der Waals surface area contributed by atoms with Gasteiger partial charge in [0.05, 0.1) is 32.0 Å². The summed E-state index contributed by atoms with van der Waals surface area (Å²) in [7, 11) is 0. The predicted molar refractivity (Wildman–Crippen MR) is 139 cm³/mol. The monoisotopic (exact) mass is 505 g/mol. The van der Waals surface area contributed by atoms with Crippen LogP contribution >= 0.6 is 0 Å². The second-order valence-electron chi connectivity index (χ2n) is 11.7. The summed E-state index contributed by atoms with van der Waals surface area (Å²) in [6, 6.07) is 8.19. The van der Waals surface area contributed by atoms with E-state index in [4.69, 9.17) is 23.8 Å². The van der Waals surface area contributed by atoms with Crippen molar-refractivity contribution in [2.45, 2.75) is 103 Å². The minimum absolute atomic E-state index is 0.0655. The van der Waals surface area contributed by atoms with Crippen LogP contribution in [0.2, 0.25) is 0 Å². The van der Waals surface area contributed by atoms with Crippen molar-refractivity contribution < 1.29 is 28.9 Å². The maximum absolute atomic E-state index is 10.0. The van der Waals surface area contributed by atoms with E-state index < -0.39 is 5.79 Å². The summed E-state index contributed by atoms with van der Waals surface area (Å²) in [4.78, 5) is 6.85. The molecule has 7 nitrogen and oxygen atoms in total. The minimum Gasteiger partial charge on any atom is -0.491 e. The number of benzene rings is 1. The Bertz CT molecular complexity index is 859. The van der Waals surface area contributed by atoms with Crippen LogP contribution in [0.25, 0.3) is 0 Å². The summed E-state index contributed by atoms with van der Waals surface area (Å²) >= 11 is 0. The van der Waals surface area contributed by atoms with Crippen LogP contribution in [0.4, 0.5) is 0 Å². The van der Waals surface area contributed by atoms with E-state index in [9.17, 15) is 5.11 Å². The maximum atomic E-state index is 10.0. The summed E-state index contributed by atoms with van der Waals surface area (Å²) in [6.07, 6.45) is 3.44. The highest BCUT2D eigenvalue weighted by Gasteiger charge is 2.63. The summed E-state index contributed by atoms with van der Waals surface area (Å²) in [5, 5.41) is 12.3. The van der Waals surface area contributed by atoms with Gasteiger partial charge in [0.15, 0.2) is 5.79 Å². The smallest absolute Gasteiger partial charge is 0.174 e. The molecule has 1 aromatic rings. The molecule has 1 N–H and O–H groups in total. The molecule has 0 radical (unpaired) electrons. The van der Waals surface area contributed by atoms with Crippen molar-refractivity contribution >= 4 is 0 Å². The van der Waals surface area contributed by atoms with Gasteiger partial charge >= 0.3 is 0 Å². The Morgan fingerprint density at radius 2 is 1.69 bits per heavy atom. The summed E-state index contributed by atoms with van der Waals surface area (Å²) in [6.45, 7) is 17.9. The van der Waals surface area contributed by atoms with Gasteiger partial charge in [0, 0.05) is 23.3 Å². The number of hydrogen-bond donors (Lipinski definition) is 1. The molecule has 36 heavy (non-hydrogen) atoms. The number of piperidine rings is 1. The number of ether oxygens (including phenoxy) is 4. The first-order valence-electron chi connectivity index (χ1n) is 13.8. The molecular formula is C29H47NO6. The van der Waals surface area contributed by atoms with Crippen LogP contribution in [0, 0.1) is 11.3 Å². The van der Waals surface area contributed by atoms with Crippen LogP contribution in [0.15, 0.2) is 24.3 Å². The predicted octanol–water partition coefficient (Wildman–Crippen LogP) is 5.27. The molecule has 3 saturated heterocycles. The Balaban J connectivity index is 1.53. The zero-order valence-corrected chi connectivity index (χ0v) is 23.3. The van der Waals surface area contributed by atoms with Crippen molar-refractivity contribution in [1.29, 1.82) is 0 Å². The molecule has 3 fully saturated rings. The number of epoxide rings is 1. The first kappa shape index (κ1) is 27.8. The van der Waals surface area contributed by atoms with Crippen LogP contribution in [0.5, 0.6) is 5.75 Å². The molecular weight excluding hydrogens is 458 g/mol. The molecule has 0 saturated carbocycles. The van der Waals surface area contributed by atoms with Crippen molar-refractivity contribution in [3.05, 3.63) is 29.8 Å². The highest BCUT2D eigenvalue weighted by atomic mass is 16.7. The number of hydroxylamine groups is 2. The molecule has 1 aromatic carbocycles. The first-order valence-corrected chi connectivity index (χ1v) is 13.8. The van der Waals surface area contributed by atoms with Crippen LogP contribution in [0.3, 0.4) is 0 Å². The number of rotatable bonds is 10. The van der Waals surface area contributed by atoms with Gasteiger partial charge in [-0.3, -0.25) is 4.84 Å². The van der Waals surface area contributed by atoms with Gasteiger partial charge in [-0.15, -0.1) is 0 Å². The third-order valence-corrected chi connectivity index (χ3v) is 9.43. The van der Waals surface area contributed by atoms with E-state index in [0.717, 1.165) is 37.2 Å². The highest BCUT2D eigenvalue weighted by molar-refractivity contribution is 5.28. The van der Waals surface area contributed by atoms with E-state index in [1.165, 1.54) is 0 Å². The van der Waals surface area contributed by atoms with Crippen molar-refractivity contribution in [2.24, 2.45) is 11.3 Å².